The maximum Gasteiger partial charge on any atom is 0.243 e. The first-order valence-corrected chi connectivity index (χ1v) is 13.9. The van der Waals surface area contributed by atoms with E-state index < -0.39 is 20.0 Å². The number of primary sulfonamides is 1. The molecule has 1 aliphatic heterocycles. The third-order valence-corrected chi connectivity index (χ3v) is 9.25. The predicted octanol–water partition coefficient (Wildman–Crippen LogP) is 2.86. The van der Waals surface area contributed by atoms with Crippen molar-refractivity contribution in [2.75, 3.05) is 18.4 Å². The van der Waals surface area contributed by atoms with E-state index in [9.17, 15) is 21.6 Å². The van der Waals surface area contributed by atoms with Gasteiger partial charge >= 0.3 is 0 Å². The van der Waals surface area contributed by atoms with E-state index in [1.807, 2.05) is 26.0 Å². The quantitative estimate of drug-likeness (QED) is 0.640. The molecule has 0 atom stereocenters. The fourth-order valence-corrected chi connectivity index (χ4v) is 7.25. The highest BCUT2D eigenvalue weighted by atomic mass is 32.2. The Kier molecular flexibility index (Phi) is 7.33. The summed E-state index contributed by atoms with van der Waals surface area (Å²) in [6.07, 6.45) is 1.25. The van der Waals surface area contributed by atoms with Gasteiger partial charge in [0.2, 0.25) is 26.0 Å². The minimum absolute atomic E-state index is 0.00690. The lowest BCUT2D eigenvalue weighted by molar-refractivity contribution is -0.120. The predicted molar refractivity (Wildman–Crippen MR) is 128 cm³/mol. The summed E-state index contributed by atoms with van der Waals surface area (Å²) in [4.78, 5) is 13.1. The average Bonchev–Trinajstić information content (AvgIpc) is 2.72. The van der Waals surface area contributed by atoms with E-state index in [0.717, 1.165) is 5.56 Å². The molecule has 1 heterocycles. The van der Waals surface area contributed by atoms with Crippen LogP contribution in [0, 0.1) is 26.7 Å². The maximum absolute atomic E-state index is 13.3. The Bertz CT molecular complexity index is 1260. The number of carbonyl (C=O) groups is 1. The number of benzene rings is 2. The number of nitrogens with one attached hydrogen (secondary N) is 1. The Morgan fingerprint density at radius 2 is 1.61 bits per heavy atom. The van der Waals surface area contributed by atoms with Gasteiger partial charge in [-0.25, -0.2) is 22.0 Å². The smallest absolute Gasteiger partial charge is 0.243 e. The zero-order valence-corrected chi connectivity index (χ0v) is 21.0. The normalized spacial score (nSPS) is 16.0. The second kappa shape index (κ2) is 9.54. The summed E-state index contributed by atoms with van der Waals surface area (Å²) < 4.78 is 51.7. The van der Waals surface area contributed by atoms with E-state index in [2.05, 4.69) is 5.32 Å². The maximum atomic E-state index is 13.3. The summed E-state index contributed by atoms with van der Waals surface area (Å²) in [5.41, 5.74) is 3.37. The van der Waals surface area contributed by atoms with Crippen molar-refractivity contribution < 1.29 is 21.6 Å². The molecule has 0 radical (unpaired) electrons. The van der Waals surface area contributed by atoms with Crippen molar-refractivity contribution in [1.29, 1.82) is 0 Å². The molecular formula is C23H31N3O5S2. The Morgan fingerprint density at radius 1 is 1.03 bits per heavy atom. The topological polar surface area (TPSA) is 127 Å². The highest BCUT2D eigenvalue weighted by Crippen LogP contribution is 2.29. The number of rotatable bonds is 6. The van der Waals surface area contributed by atoms with Crippen LogP contribution in [0.15, 0.2) is 40.1 Å². The molecule has 33 heavy (non-hydrogen) atoms. The van der Waals surface area contributed by atoms with Gasteiger partial charge in [0.25, 0.3) is 0 Å². The van der Waals surface area contributed by atoms with Crippen molar-refractivity contribution in [3.63, 3.8) is 0 Å². The van der Waals surface area contributed by atoms with Crippen LogP contribution in [0.25, 0.3) is 0 Å². The van der Waals surface area contributed by atoms with Gasteiger partial charge in [0, 0.05) is 24.7 Å². The van der Waals surface area contributed by atoms with Gasteiger partial charge in [-0.1, -0.05) is 30.7 Å². The molecule has 180 valence electrons. The molecule has 0 aromatic heterocycles. The van der Waals surface area contributed by atoms with Gasteiger partial charge in [0.1, 0.15) is 0 Å². The molecule has 10 heteroatoms. The molecule has 3 N–H and O–H groups in total. The minimum Gasteiger partial charge on any atom is -0.326 e. The lowest BCUT2D eigenvalue weighted by atomic mass is 9.97. The number of aryl methyl sites for hydroxylation is 4. The van der Waals surface area contributed by atoms with Crippen LogP contribution in [0.2, 0.25) is 0 Å². The standard InChI is InChI=1S/C23H31N3O5S2/c1-5-18-6-7-20(14-21(18)32(24,28)29)25-23(27)19-8-10-26(11-9-19)33(30,31)22-16(3)12-15(2)13-17(22)4/h6-7,12-14,19H,5,8-11H2,1-4H3,(H,25,27)(H2,24,28,29). The summed E-state index contributed by atoms with van der Waals surface area (Å²) in [6, 6.07) is 8.37. The molecule has 8 nitrogen and oxygen atoms in total. The van der Waals surface area contributed by atoms with Crippen LogP contribution >= 0.6 is 0 Å². The van der Waals surface area contributed by atoms with E-state index in [1.165, 1.54) is 10.4 Å². The zero-order valence-electron chi connectivity index (χ0n) is 19.4. The first kappa shape index (κ1) is 25.4. The van der Waals surface area contributed by atoms with Gasteiger partial charge in [-0.15, -0.1) is 0 Å². The number of sulfonamides is 2. The van der Waals surface area contributed by atoms with Crippen LogP contribution in [0.1, 0.15) is 42.0 Å². The molecule has 2 aromatic rings. The van der Waals surface area contributed by atoms with E-state index >= 15 is 0 Å². The number of amides is 1. The number of nitrogens with two attached hydrogens (primary N) is 1. The lowest BCUT2D eigenvalue weighted by Crippen LogP contribution is -2.41. The highest BCUT2D eigenvalue weighted by Gasteiger charge is 2.33. The molecule has 1 saturated heterocycles. The van der Waals surface area contributed by atoms with Crippen LogP contribution in [0.3, 0.4) is 0 Å². The number of hydrogen-bond acceptors (Lipinski definition) is 5. The monoisotopic (exact) mass is 493 g/mol. The highest BCUT2D eigenvalue weighted by molar-refractivity contribution is 7.89. The van der Waals surface area contributed by atoms with Crippen molar-refractivity contribution in [1.82, 2.24) is 4.31 Å². The second-order valence-corrected chi connectivity index (χ2v) is 12.0. The van der Waals surface area contributed by atoms with Crippen molar-refractivity contribution in [2.24, 2.45) is 11.1 Å². The van der Waals surface area contributed by atoms with E-state index in [4.69, 9.17) is 5.14 Å². The van der Waals surface area contributed by atoms with E-state index in [1.54, 1.807) is 26.0 Å². The van der Waals surface area contributed by atoms with Crippen LogP contribution < -0.4 is 10.5 Å². The largest absolute Gasteiger partial charge is 0.326 e. The van der Waals surface area contributed by atoms with Gasteiger partial charge in [-0.05, 0) is 68.9 Å². The molecule has 3 rings (SSSR count). The van der Waals surface area contributed by atoms with Crippen molar-refractivity contribution in [3.8, 4) is 0 Å². The summed E-state index contributed by atoms with van der Waals surface area (Å²) >= 11 is 0. The summed E-state index contributed by atoms with van der Waals surface area (Å²) in [7, 11) is -7.57. The van der Waals surface area contributed by atoms with Crippen LogP contribution in [-0.4, -0.2) is 40.1 Å². The zero-order chi connectivity index (χ0) is 24.6. The van der Waals surface area contributed by atoms with Gasteiger partial charge in [-0.3, -0.25) is 4.79 Å². The molecule has 0 aliphatic carbocycles. The third-order valence-electron chi connectivity index (χ3n) is 6.05. The van der Waals surface area contributed by atoms with E-state index in [-0.39, 0.29) is 29.8 Å². The minimum atomic E-state index is -3.91. The summed E-state index contributed by atoms with van der Waals surface area (Å²) in [5, 5.41) is 8.06. The Balaban J connectivity index is 1.71. The Morgan fingerprint density at radius 3 is 2.12 bits per heavy atom. The fourth-order valence-electron chi connectivity index (χ4n) is 4.49. The molecule has 0 saturated carbocycles. The molecule has 0 unspecified atom stereocenters. The number of nitrogens with zero attached hydrogens (tertiary/aromatic N) is 1. The molecule has 0 bridgehead atoms. The Hall–Kier alpha value is -2.27. The lowest BCUT2D eigenvalue weighted by Gasteiger charge is -2.31. The van der Waals surface area contributed by atoms with E-state index in [0.29, 0.717) is 46.5 Å². The summed E-state index contributed by atoms with van der Waals surface area (Å²) in [5.74, 6) is -0.639. The molecule has 1 aliphatic rings. The third kappa shape index (κ3) is 5.46. The van der Waals surface area contributed by atoms with Crippen LogP contribution in [0.4, 0.5) is 5.69 Å². The molecule has 0 spiro atoms. The van der Waals surface area contributed by atoms with Crippen molar-refractivity contribution >= 4 is 31.6 Å². The molecule has 1 fully saturated rings. The molecule has 1 amide bonds. The average molecular weight is 494 g/mol. The van der Waals surface area contributed by atoms with Crippen LogP contribution in [0.5, 0.6) is 0 Å². The first-order valence-electron chi connectivity index (χ1n) is 10.9. The fraction of sp³-hybridized carbons (Fsp3) is 0.435. The number of hydrogen-bond donors (Lipinski definition) is 2. The number of piperidine rings is 1. The van der Waals surface area contributed by atoms with Gasteiger partial charge in [0.05, 0.1) is 9.79 Å². The van der Waals surface area contributed by atoms with Crippen LogP contribution in [-0.2, 0) is 31.3 Å². The second-order valence-electron chi connectivity index (χ2n) is 8.62. The number of anilines is 1. The number of carbonyl (C=O) groups excluding carboxylic acids is 1. The SMILES string of the molecule is CCc1ccc(NC(=O)C2CCN(S(=O)(=O)c3c(C)cc(C)cc3C)CC2)cc1S(N)(=O)=O. The first-order chi connectivity index (χ1) is 15.3. The summed E-state index contributed by atoms with van der Waals surface area (Å²) in [6.45, 7) is 7.83. The molecular weight excluding hydrogens is 462 g/mol. The van der Waals surface area contributed by atoms with Gasteiger partial charge < -0.3 is 5.32 Å². The van der Waals surface area contributed by atoms with Gasteiger partial charge in [0.15, 0.2) is 0 Å². The van der Waals surface area contributed by atoms with Crippen molar-refractivity contribution in [2.45, 2.75) is 56.7 Å². The van der Waals surface area contributed by atoms with Gasteiger partial charge in [-0.2, -0.15) is 4.31 Å². The Labute approximate surface area is 196 Å². The van der Waals surface area contributed by atoms with Crippen molar-refractivity contribution in [3.05, 3.63) is 52.6 Å². The molecule has 2 aromatic carbocycles.